The van der Waals surface area contributed by atoms with E-state index in [1.54, 1.807) is 4.90 Å². The molecular weight excluding hydrogens is 272 g/mol. The molecule has 0 bridgehead atoms. The van der Waals surface area contributed by atoms with Gasteiger partial charge in [0.1, 0.15) is 5.60 Å². The maximum Gasteiger partial charge on any atom is 0.410 e. The van der Waals surface area contributed by atoms with Crippen molar-refractivity contribution in [2.24, 2.45) is 5.41 Å². The molecule has 6 heteroatoms. The third kappa shape index (κ3) is 4.09. The molecule has 2 heterocycles. The van der Waals surface area contributed by atoms with Crippen LogP contribution < -0.4 is 0 Å². The van der Waals surface area contributed by atoms with Gasteiger partial charge in [-0.25, -0.2) is 4.79 Å². The molecule has 2 aliphatic rings. The molecule has 0 aromatic heterocycles. The second-order valence-electron chi connectivity index (χ2n) is 7.19. The lowest BCUT2D eigenvalue weighted by molar-refractivity contribution is -0.146. The summed E-state index contributed by atoms with van der Waals surface area (Å²) in [5.74, 6) is -0.184. The second-order valence-corrected chi connectivity index (χ2v) is 7.19. The number of carbonyl (C=O) groups excluding carboxylic acids is 2. The lowest BCUT2D eigenvalue weighted by atomic mass is 9.72. The quantitative estimate of drug-likeness (QED) is 0.723. The third-order valence-corrected chi connectivity index (χ3v) is 4.17. The summed E-state index contributed by atoms with van der Waals surface area (Å²) in [7, 11) is 1.41. The maximum absolute atomic E-state index is 12.0. The van der Waals surface area contributed by atoms with E-state index in [2.05, 4.69) is 9.64 Å². The van der Waals surface area contributed by atoms with E-state index in [0.29, 0.717) is 6.54 Å². The minimum atomic E-state index is -0.444. The van der Waals surface area contributed by atoms with Crippen LogP contribution in [0.5, 0.6) is 0 Å². The summed E-state index contributed by atoms with van der Waals surface area (Å²) in [5.41, 5.74) is -0.174. The first kappa shape index (κ1) is 16.1. The molecular formula is C15H26N2O4. The molecule has 2 fully saturated rings. The van der Waals surface area contributed by atoms with Gasteiger partial charge in [-0.2, -0.15) is 0 Å². The Balaban J connectivity index is 1.75. The number of amides is 1. The summed E-state index contributed by atoms with van der Waals surface area (Å²) in [5, 5.41) is 0. The van der Waals surface area contributed by atoms with Crippen LogP contribution in [0.25, 0.3) is 0 Å². The molecule has 6 nitrogen and oxygen atoms in total. The van der Waals surface area contributed by atoms with E-state index in [-0.39, 0.29) is 17.5 Å². The minimum Gasteiger partial charge on any atom is -0.468 e. The van der Waals surface area contributed by atoms with Gasteiger partial charge in [-0.15, -0.1) is 0 Å². The van der Waals surface area contributed by atoms with Crippen molar-refractivity contribution in [1.82, 2.24) is 9.80 Å². The molecule has 0 saturated carbocycles. The Labute approximate surface area is 126 Å². The predicted molar refractivity (Wildman–Crippen MR) is 77.9 cm³/mol. The van der Waals surface area contributed by atoms with E-state index in [9.17, 15) is 9.59 Å². The summed E-state index contributed by atoms with van der Waals surface area (Å²) < 4.78 is 10.1. The van der Waals surface area contributed by atoms with E-state index in [1.807, 2.05) is 20.8 Å². The van der Waals surface area contributed by atoms with Crippen molar-refractivity contribution >= 4 is 12.1 Å². The van der Waals surface area contributed by atoms with Gasteiger partial charge < -0.3 is 14.4 Å². The van der Waals surface area contributed by atoms with Gasteiger partial charge in [0.05, 0.1) is 13.7 Å². The Bertz CT molecular complexity index is 400. The molecule has 2 rings (SSSR count). The Hall–Kier alpha value is -1.30. The molecule has 0 aromatic carbocycles. The first-order valence-corrected chi connectivity index (χ1v) is 7.50. The van der Waals surface area contributed by atoms with Gasteiger partial charge >= 0.3 is 12.1 Å². The molecule has 0 radical (unpaired) electrons. The van der Waals surface area contributed by atoms with Crippen LogP contribution in [0.15, 0.2) is 0 Å². The summed E-state index contributed by atoms with van der Waals surface area (Å²) in [6.45, 7) is 9.33. The Morgan fingerprint density at radius 1 is 1.14 bits per heavy atom. The van der Waals surface area contributed by atoms with Crippen LogP contribution in [-0.4, -0.2) is 67.3 Å². The Morgan fingerprint density at radius 3 is 2.19 bits per heavy atom. The third-order valence-electron chi connectivity index (χ3n) is 4.17. The van der Waals surface area contributed by atoms with Crippen molar-refractivity contribution in [2.45, 2.75) is 39.2 Å². The Kier molecular flexibility index (Phi) is 4.46. The number of hydrogen-bond donors (Lipinski definition) is 0. The molecule has 0 aromatic rings. The summed E-state index contributed by atoms with van der Waals surface area (Å²) in [6, 6.07) is 0. The molecule has 0 atom stereocenters. The molecule has 1 spiro atoms. The highest BCUT2D eigenvalue weighted by Gasteiger charge is 2.46. The minimum absolute atomic E-state index is 0.184. The highest BCUT2D eigenvalue weighted by molar-refractivity contribution is 5.71. The van der Waals surface area contributed by atoms with Crippen molar-refractivity contribution in [2.75, 3.05) is 39.8 Å². The molecule has 2 saturated heterocycles. The first-order chi connectivity index (χ1) is 9.73. The van der Waals surface area contributed by atoms with E-state index < -0.39 is 5.60 Å². The van der Waals surface area contributed by atoms with Crippen molar-refractivity contribution in [3.63, 3.8) is 0 Å². The van der Waals surface area contributed by atoms with Gasteiger partial charge in [-0.3, -0.25) is 9.69 Å². The second kappa shape index (κ2) is 5.83. The number of piperidine rings is 1. The van der Waals surface area contributed by atoms with Gasteiger partial charge in [-0.1, -0.05) is 0 Å². The highest BCUT2D eigenvalue weighted by Crippen LogP contribution is 2.40. The normalized spacial score (nSPS) is 21.8. The van der Waals surface area contributed by atoms with Crippen LogP contribution in [-0.2, 0) is 14.3 Å². The molecule has 0 unspecified atom stereocenters. The number of nitrogens with zero attached hydrogens (tertiary/aromatic N) is 2. The van der Waals surface area contributed by atoms with Crippen LogP contribution in [0, 0.1) is 5.41 Å². The molecule has 1 amide bonds. The van der Waals surface area contributed by atoms with Crippen molar-refractivity contribution in [3.05, 3.63) is 0 Å². The topological polar surface area (TPSA) is 59.1 Å². The van der Waals surface area contributed by atoms with Gasteiger partial charge in [0.25, 0.3) is 0 Å². The van der Waals surface area contributed by atoms with Gasteiger partial charge in [0.2, 0.25) is 0 Å². The SMILES string of the molecule is COC(=O)CN1CC2(CCN(C(=O)OC(C)(C)C)CC2)C1. The van der Waals surface area contributed by atoms with Crippen LogP contribution in [0.2, 0.25) is 0 Å². The molecule has 0 N–H and O–H groups in total. The number of ether oxygens (including phenoxy) is 2. The van der Waals surface area contributed by atoms with Gasteiger partial charge in [-0.05, 0) is 39.0 Å². The molecule has 120 valence electrons. The van der Waals surface area contributed by atoms with Crippen molar-refractivity contribution in [3.8, 4) is 0 Å². The summed E-state index contributed by atoms with van der Waals surface area (Å²) >= 11 is 0. The maximum atomic E-state index is 12.0. The van der Waals surface area contributed by atoms with Crippen LogP contribution in [0.4, 0.5) is 4.79 Å². The van der Waals surface area contributed by atoms with Crippen LogP contribution in [0.3, 0.4) is 0 Å². The van der Waals surface area contributed by atoms with E-state index in [0.717, 1.165) is 39.0 Å². The lowest BCUT2D eigenvalue weighted by Gasteiger charge is -2.53. The number of hydrogen-bond acceptors (Lipinski definition) is 5. The number of esters is 1. The van der Waals surface area contributed by atoms with Gasteiger partial charge in [0, 0.05) is 26.2 Å². The fraction of sp³-hybridized carbons (Fsp3) is 0.867. The average Bonchev–Trinajstić information content (AvgIpc) is 2.35. The summed E-state index contributed by atoms with van der Waals surface area (Å²) in [6.07, 6.45) is 1.73. The number of methoxy groups -OCH3 is 1. The first-order valence-electron chi connectivity index (χ1n) is 7.50. The zero-order valence-corrected chi connectivity index (χ0v) is 13.5. The lowest BCUT2D eigenvalue weighted by Crippen LogP contribution is -2.61. The highest BCUT2D eigenvalue weighted by atomic mass is 16.6. The standard InChI is InChI=1S/C15H26N2O4/c1-14(2,3)21-13(19)17-7-5-15(6-8-17)10-16(11-15)9-12(18)20-4/h5-11H2,1-4H3. The number of carbonyl (C=O) groups is 2. The fourth-order valence-electron chi connectivity index (χ4n) is 3.07. The number of likely N-dealkylation sites (tertiary alicyclic amines) is 2. The van der Waals surface area contributed by atoms with Gasteiger partial charge in [0.15, 0.2) is 0 Å². The fourth-order valence-corrected chi connectivity index (χ4v) is 3.07. The zero-order chi connectivity index (χ0) is 15.7. The predicted octanol–water partition coefficient (Wildman–Crippen LogP) is 1.49. The monoisotopic (exact) mass is 298 g/mol. The van der Waals surface area contributed by atoms with Crippen molar-refractivity contribution < 1.29 is 19.1 Å². The van der Waals surface area contributed by atoms with E-state index in [1.165, 1.54) is 7.11 Å². The zero-order valence-electron chi connectivity index (χ0n) is 13.5. The van der Waals surface area contributed by atoms with E-state index >= 15 is 0 Å². The number of rotatable bonds is 2. The van der Waals surface area contributed by atoms with E-state index in [4.69, 9.17) is 4.74 Å². The molecule has 21 heavy (non-hydrogen) atoms. The van der Waals surface area contributed by atoms with Crippen LogP contribution >= 0.6 is 0 Å². The molecule has 0 aliphatic carbocycles. The van der Waals surface area contributed by atoms with Crippen LogP contribution in [0.1, 0.15) is 33.6 Å². The summed E-state index contributed by atoms with van der Waals surface area (Å²) in [4.78, 5) is 27.1. The largest absolute Gasteiger partial charge is 0.468 e. The molecule has 2 aliphatic heterocycles. The Morgan fingerprint density at radius 2 is 1.71 bits per heavy atom. The average molecular weight is 298 g/mol. The smallest absolute Gasteiger partial charge is 0.410 e. The van der Waals surface area contributed by atoms with Crippen molar-refractivity contribution in [1.29, 1.82) is 0 Å².